The van der Waals surface area contributed by atoms with Gasteiger partial charge in [-0.25, -0.2) is 0 Å². The molecular formula is C15H21NO2S. The van der Waals surface area contributed by atoms with Crippen molar-refractivity contribution >= 4 is 18.5 Å². The predicted octanol–water partition coefficient (Wildman–Crippen LogP) is 2.92. The highest BCUT2D eigenvalue weighted by Crippen LogP contribution is 2.33. The molecule has 1 heterocycles. The molecule has 1 saturated heterocycles. The number of hydrogen-bond donors (Lipinski definition) is 1. The van der Waals surface area contributed by atoms with E-state index in [2.05, 4.69) is 19.6 Å². The Balaban J connectivity index is 2.20. The van der Waals surface area contributed by atoms with Gasteiger partial charge in [0.1, 0.15) is 5.75 Å². The summed E-state index contributed by atoms with van der Waals surface area (Å²) in [6.07, 6.45) is 0.616. The normalized spacial score (nSPS) is 20.7. The molecule has 1 aromatic rings. The molecule has 2 atom stereocenters. The number of para-hydroxylation sites is 1. The fourth-order valence-corrected chi connectivity index (χ4v) is 2.83. The zero-order chi connectivity index (χ0) is 13.8. The van der Waals surface area contributed by atoms with E-state index in [0.29, 0.717) is 18.9 Å². The Morgan fingerprint density at radius 2 is 2.21 bits per heavy atom. The number of rotatable bonds is 5. The van der Waals surface area contributed by atoms with Crippen LogP contribution in [0.5, 0.6) is 5.75 Å². The maximum absolute atomic E-state index is 12.1. The van der Waals surface area contributed by atoms with Crippen LogP contribution in [0.4, 0.5) is 0 Å². The van der Waals surface area contributed by atoms with Gasteiger partial charge in [-0.15, -0.1) is 0 Å². The first-order chi connectivity index (χ1) is 9.17. The summed E-state index contributed by atoms with van der Waals surface area (Å²) in [4.78, 5) is 14.0. The standard InChI is InChI=1S/C15H21NO2S/c1-3-18-14-7-5-4-6-13(14)11(2)16-9-12(10-19)8-15(16)17/h4-7,11-12,19H,3,8-10H2,1-2H3. The first-order valence-corrected chi connectivity index (χ1v) is 7.42. The number of hydrogen-bond acceptors (Lipinski definition) is 3. The molecule has 0 bridgehead atoms. The molecule has 1 aliphatic heterocycles. The Morgan fingerprint density at radius 3 is 2.84 bits per heavy atom. The lowest BCUT2D eigenvalue weighted by Crippen LogP contribution is -2.29. The summed E-state index contributed by atoms with van der Waals surface area (Å²) < 4.78 is 5.65. The van der Waals surface area contributed by atoms with Crippen molar-refractivity contribution in [2.45, 2.75) is 26.3 Å². The second-order valence-corrected chi connectivity index (χ2v) is 5.31. The van der Waals surface area contributed by atoms with Crippen LogP contribution in [0, 0.1) is 5.92 Å². The van der Waals surface area contributed by atoms with Crippen LogP contribution in [0.25, 0.3) is 0 Å². The Hall–Kier alpha value is -1.16. The van der Waals surface area contributed by atoms with E-state index >= 15 is 0 Å². The van der Waals surface area contributed by atoms with E-state index in [1.54, 1.807) is 0 Å². The molecule has 0 radical (unpaired) electrons. The highest BCUT2D eigenvalue weighted by Gasteiger charge is 2.33. The highest BCUT2D eigenvalue weighted by atomic mass is 32.1. The van der Waals surface area contributed by atoms with Crippen LogP contribution >= 0.6 is 12.6 Å². The molecule has 1 aromatic carbocycles. The van der Waals surface area contributed by atoms with Crippen molar-refractivity contribution in [1.82, 2.24) is 4.90 Å². The average molecular weight is 279 g/mol. The molecule has 0 aromatic heterocycles. The van der Waals surface area contributed by atoms with Crippen molar-refractivity contribution in [3.05, 3.63) is 29.8 Å². The number of likely N-dealkylation sites (tertiary alicyclic amines) is 1. The van der Waals surface area contributed by atoms with E-state index in [9.17, 15) is 4.79 Å². The molecule has 1 amide bonds. The lowest BCUT2D eigenvalue weighted by Gasteiger charge is -2.26. The minimum atomic E-state index is 0.0557. The molecule has 0 aliphatic carbocycles. The molecule has 0 spiro atoms. The Labute approximate surface area is 120 Å². The molecule has 4 heteroatoms. The minimum Gasteiger partial charge on any atom is -0.494 e. The van der Waals surface area contributed by atoms with Gasteiger partial charge >= 0.3 is 0 Å². The lowest BCUT2D eigenvalue weighted by molar-refractivity contribution is -0.129. The van der Waals surface area contributed by atoms with Gasteiger partial charge in [-0.3, -0.25) is 4.79 Å². The summed E-state index contributed by atoms with van der Waals surface area (Å²) in [6, 6.07) is 8.01. The van der Waals surface area contributed by atoms with Crippen molar-refractivity contribution in [2.75, 3.05) is 18.9 Å². The topological polar surface area (TPSA) is 29.5 Å². The Morgan fingerprint density at radius 1 is 1.47 bits per heavy atom. The number of carbonyl (C=O) groups excluding carboxylic acids is 1. The van der Waals surface area contributed by atoms with Crippen LogP contribution in [-0.4, -0.2) is 29.7 Å². The van der Waals surface area contributed by atoms with Crippen molar-refractivity contribution in [3.8, 4) is 5.75 Å². The number of carbonyl (C=O) groups is 1. The van der Waals surface area contributed by atoms with Crippen molar-refractivity contribution in [1.29, 1.82) is 0 Å². The van der Waals surface area contributed by atoms with E-state index in [1.807, 2.05) is 36.1 Å². The zero-order valence-corrected chi connectivity index (χ0v) is 12.4. The monoisotopic (exact) mass is 279 g/mol. The van der Waals surface area contributed by atoms with Gasteiger partial charge in [0, 0.05) is 18.5 Å². The highest BCUT2D eigenvalue weighted by molar-refractivity contribution is 7.80. The van der Waals surface area contributed by atoms with Crippen molar-refractivity contribution in [3.63, 3.8) is 0 Å². The first-order valence-electron chi connectivity index (χ1n) is 6.79. The Kier molecular flexibility index (Phi) is 4.75. The summed E-state index contributed by atoms with van der Waals surface area (Å²) in [5.41, 5.74) is 1.08. The van der Waals surface area contributed by atoms with Crippen LogP contribution < -0.4 is 4.74 Å². The third kappa shape index (κ3) is 3.06. The minimum absolute atomic E-state index is 0.0557. The zero-order valence-electron chi connectivity index (χ0n) is 11.5. The maximum atomic E-state index is 12.1. The first kappa shape index (κ1) is 14.3. The number of benzene rings is 1. The third-order valence-corrected chi connectivity index (χ3v) is 4.15. The van der Waals surface area contributed by atoms with Crippen LogP contribution in [-0.2, 0) is 4.79 Å². The van der Waals surface area contributed by atoms with E-state index < -0.39 is 0 Å². The molecule has 104 valence electrons. The van der Waals surface area contributed by atoms with Gasteiger partial charge in [-0.2, -0.15) is 12.6 Å². The molecular weight excluding hydrogens is 258 g/mol. The lowest BCUT2D eigenvalue weighted by atomic mass is 10.1. The van der Waals surface area contributed by atoms with Crippen molar-refractivity contribution in [2.24, 2.45) is 5.92 Å². The van der Waals surface area contributed by atoms with Gasteiger partial charge in [-0.05, 0) is 31.6 Å². The number of nitrogens with zero attached hydrogens (tertiary/aromatic N) is 1. The molecule has 19 heavy (non-hydrogen) atoms. The van der Waals surface area contributed by atoms with Gasteiger partial charge < -0.3 is 9.64 Å². The van der Waals surface area contributed by atoms with E-state index in [4.69, 9.17) is 4.74 Å². The fourth-order valence-electron chi connectivity index (χ4n) is 2.59. The third-order valence-electron chi connectivity index (χ3n) is 3.63. The average Bonchev–Trinajstić information content (AvgIpc) is 2.80. The fraction of sp³-hybridized carbons (Fsp3) is 0.533. The van der Waals surface area contributed by atoms with E-state index in [1.165, 1.54) is 0 Å². The van der Waals surface area contributed by atoms with Crippen LogP contribution in [0.15, 0.2) is 24.3 Å². The summed E-state index contributed by atoms with van der Waals surface area (Å²) in [6.45, 7) is 5.47. The molecule has 1 fully saturated rings. The van der Waals surface area contributed by atoms with Gasteiger partial charge in [0.25, 0.3) is 0 Å². The summed E-state index contributed by atoms with van der Waals surface area (Å²) in [5, 5.41) is 0. The van der Waals surface area contributed by atoms with Crippen LogP contribution in [0.1, 0.15) is 31.9 Å². The largest absolute Gasteiger partial charge is 0.494 e. The van der Waals surface area contributed by atoms with Gasteiger partial charge in [0.15, 0.2) is 0 Å². The molecule has 0 N–H and O–H groups in total. The number of amides is 1. The summed E-state index contributed by atoms with van der Waals surface area (Å²) >= 11 is 4.30. The summed E-state index contributed by atoms with van der Waals surface area (Å²) in [7, 11) is 0. The number of thiol groups is 1. The van der Waals surface area contributed by atoms with Gasteiger partial charge in [0.2, 0.25) is 5.91 Å². The number of ether oxygens (including phenoxy) is 1. The van der Waals surface area contributed by atoms with Crippen molar-refractivity contribution < 1.29 is 9.53 Å². The summed E-state index contributed by atoms with van der Waals surface area (Å²) in [5.74, 6) is 2.23. The second kappa shape index (κ2) is 6.33. The molecule has 2 unspecified atom stereocenters. The van der Waals surface area contributed by atoms with Gasteiger partial charge in [-0.1, -0.05) is 18.2 Å². The second-order valence-electron chi connectivity index (χ2n) is 4.95. The van der Waals surface area contributed by atoms with Gasteiger partial charge in [0.05, 0.1) is 12.6 Å². The van der Waals surface area contributed by atoms with E-state index in [0.717, 1.165) is 23.6 Å². The van der Waals surface area contributed by atoms with Crippen LogP contribution in [0.3, 0.4) is 0 Å². The van der Waals surface area contributed by atoms with E-state index in [-0.39, 0.29) is 11.9 Å². The predicted molar refractivity (Wildman–Crippen MR) is 79.7 cm³/mol. The molecule has 3 nitrogen and oxygen atoms in total. The smallest absolute Gasteiger partial charge is 0.223 e. The molecule has 0 saturated carbocycles. The molecule has 2 rings (SSSR count). The quantitative estimate of drug-likeness (QED) is 0.840. The van der Waals surface area contributed by atoms with Crippen LogP contribution in [0.2, 0.25) is 0 Å². The Bertz CT molecular complexity index is 450. The SMILES string of the molecule is CCOc1ccccc1C(C)N1CC(CS)CC1=O. The maximum Gasteiger partial charge on any atom is 0.223 e. The molecule has 1 aliphatic rings.